The van der Waals surface area contributed by atoms with Crippen molar-refractivity contribution in [2.75, 3.05) is 0 Å². The third kappa shape index (κ3) is 2.53. The predicted molar refractivity (Wildman–Crippen MR) is 108 cm³/mol. The Kier molecular flexibility index (Phi) is 3.63. The van der Waals surface area contributed by atoms with E-state index < -0.39 is 0 Å². The van der Waals surface area contributed by atoms with Crippen LogP contribution in [0.25, 0.3) is 4.96 Å². The fourth-order valence-corrected chi connectivity index (χ4v) is 9.55. The first-order chi connectivity index (χ1) is 12.7. The molecule has 2 heterocycles. The maximum atomic E-state index is 12.8. The van der Waals surface area contributed by atoms with Gasteiger partial charge in [0, 0.05) is 27.1 Å². The molecule has 26 heavy (non-hydrogen) atoms. The zero-order chi connectivity index (χ0) is 17.3. The minimum atomic E-state index is 0.149. The second-order valence-corrected chi connectivity index (χ2v) is 11.8. The van der Waals surface area contributed by atoms with Crippen LogP contribution < -0.4 is 5.56 Å². The second kappa shape index (κ2) is 5.84. The Labute approximate surface area is 162 Å². The van der Waals surface area contributed by atoms with Gasteiger partial charge < -0.3 is 0 Å². The van der Waals surface area contributed by atoms with Crippen LogP contribution in [0.1, 0.15) is 67.6 Å². The lowest BCUT2D eigenvalue weighted by Crippen LogP contribution is -2.48. The van der Waals surface area contributed by atoms with Crippen molar-refractivity contribution in [2.45, 2.75) is 74.7 Å². The van der Waals surface area contributed by atoms with Crippen molar-refractivity contribution >= 4 is 28.1 Å². The summed E-state index contributed by atoms with van der Waals surface area (Å²) in [5.41, 5.74) is 2.40. The zero-order valence-corrected chi connectivity index (χ0v) is 16.8. The number of thioether (sulfide) groups is 1. The number of nitrogens with zero attached hydrogens (tertiary/aromatic N) is 2. The van der Waals surface area contributed by atoms with Gasteiger partial charge in [0.2, 0.25) is 0 Å². The summed E-state index contributed by atoms with van der Waals surface area (Å²) < 4.78 is 2.40. The molecule has 0 spiro atoms. The number of rotatable bonds is 3. The topological polar surface area (TPSA) is 34.4 Å². The minimum Gasteiger partial charge on any atom is -0.269 e. The molecule has 0 aliphatic heterocycles. The molecule has 4 bridgehead atoms. The first-order valence-corrected chi connectivity index (χ1v) is 12.1. The molecule has 0 radical (unpaired) electrons. The number of hydrogen-bond acceptors (Lipinski definition) is 4. The third-order valence-corrected chi connectivity index (χ3v) is 10.0. The molecule has 5 aliphatic rings. The molecule has 0 aromatic carbocycles. The number of hydrogen-bond donors (Lipinski definition) is 0. The average molecular weight is 387 g/mol. The molecule has 0 saturated heterocycles. The molecule has 4 fully saturated rings. The minimum absolute atomic E-state index is 0.149. The Bertz CT molecular complexity index is 893. The highest BCUT2D eigenvalue weighted by molar-refractivity contribution is 7.99. The highest BCUT2D eigenvalue weighted by Gasteiger charge is 2.51. The molecule has 5 heteroatoms. The second-order valence-electron chi connectivity index (χ2n) is 9.27. The van der Waals surface area contributed by atoms with Crippen molar-refractivity contribution in [3.05, 3.63) is 32.7 Å². The Morgan fingerprint density at radius 3 is 2.54 bits per heavy atom. The van der Waals surface area contributed by atoms with Crippen LogP contribution >= 0.6 is 23.1 Å². The molecule has 5 aliphatic carbocycles. The Hall–Kier alpha value is -0.810. The van der Waals surface area contributed by atoms with Gasteiger partial charge >= 0.3 is 0 Å². The molecule has 0 amide bonds. The Balaban J connectivity index is 1.28. The van der Waals surface area contributed by atoms with Crippen LogP contribution in [0.4, 0.5) is 0 Å². The number of aryl methyl sites for hydroxylation is 2. The maximum absolute atomic E-state index is 12.8. The van der Waals surface area contributed by atoms with Crippen molar-refractivity contribution in [1.29, 1.82) is 0 Å². The van der Waals surface area contributed by atoms with Gasteiger partial charge in [-0.3, -0.25) is 9.20 Å². The highest BCUT2D eigenvalue weighted by atomic mass is 32.2. The molecule has 138 valence electrons. The number of thiazole rings is 1. The average Bonchev–Trinajstić information content (AvgIpc) is 2.98. The molecular weight excluding hydrogens is 360 g/mol. The first-order valence-electron chi connectivity index (χ1n) is 10.3. The Morgan fingerprint density at radius 1 is 1.12 bits per heavy atom. The van der Waals surface area contributed by atoms with Crippen molar-refractivity contribution < 1.29 is 0 Å². The smallest absolute Gasteiger partial charge is 0.259 e. The number of aromatic nitrogens is 2. The molecular formula is C21H26N2OS2. The van der Waals surface area contributed by atoms with Gasteiger partial charge in [-0.1, -0.05) is 0 Å². The molecule has 0 N–H and O–H groups in total. The summed E-state index contributed by atoms with van der Waals surface area (Å²) in [5.74, 6) is 3.87. The summed E-state index contributed by atoms with van der Waals surface area (Å²) in [5, 5.41) is 0. The zero-order valence-electron chi connectivity index (χ0n) is 15.2. The van der Waals surface area contributed by atoms with Crippen LogP contribution in [0.15, 0.2) is 10.9 Å². The lowest BCUT2D eigenvalue weighted by Gasteiger charge is -2.56. The summed E-state index contributed by atoms with van der Waals surface area (Å²) in [6, 6.07) is 1.82. The van der Waals surface area contributed by atoms with Gasteiger partial charge in [0.15, 0.2) is 4.96 Å². The molecule has 3 nitrogen and oxygen atoms in total. The van der Waals surface area contributed by atoms with E-state index in [1.807, 2.05) is 10.5 Å². The highest BCUT2D eigenvalue weighted by Crippen LogP contribution is 2.61. The van der Waals surface area contributed by atoms with Crippen molar-refractivity contribution in [3.63, 3.8) is 0 Å². The van der Waals surface area contributed by atoms with E-state index in [1.54, 1.807) is 11.3 Å². The van der Waals surface area contributed by atoms with Gasteiger partial charge in [-0.25, -0.2) is 4.98 Å². The van der Waals surface area contributed by atoms with Crippen LogP contribution in [0.3, 0.4) is 0 Å². The lowest BCUT2D eigenvalue weighted by atomic mass is 9.56. The van der Waals surface area contributed by atoms with Crippen LogP contribution in [-0.4, -0.2) is 14.1 Å². The molecule has 2 aromatic rings. The fraction of sp³-hybridized carbons (Fsp3) is 0.714. The van der Waals surface area contributed by atoms with E-state index in [2.05, 4.69) is 11.8 Å². The van der Waals surface area contributed by atoms with E-state index in [4.69, 9.17) is 4.98 Å². The number of fused-ring (bicyclic) bond motifs is 3. The standard InChI is InChI=1S/C21H26N2OS2/c24-19-8-16(22-20-23(19)17-3-1-2-4-18(17)26-20)12-25-21-9-13-5-14(10-21)7-15(6-13)11-21/h8,13-15H,1-7,9-12H2. The van der Waals surface area contributed by atoms with Crippen LogP contribution in [-0.2, 0) is 18.6 Å². The largest absolute Gasteiger partial charge is 0.269 e. The molecule has 2 aromatic heterocycles. The van der Waals surface area contributed by atoms with Gasteiger partial charge in [0.1, 0.15) is 0 Å². The van der Waals surface area contributed by atoms with Crippen LogP contribution in [0.2, 0.25) is 0 Å². The van der Waals surface area contributed by atoms with Crippen LogP contribution in [0.5, 0.6) is 0 Å². The van der Waals surface area contributed by atoms with Gasteiger partial charge in [0.25, 0.3) is 5.56 Å². The van der Waals surface area contributed by atoms with Crippen LogP contribution in [0, 0.1) is 17.8 Å². The van der Waals surface area contributed by atoms with E-state index in [0.717, 1.165) is 47.0 Å². The van der Waals surface area contributed by atoms with Gasteiger partial charge in [0.05, 0.1) is 5.69 Å². The fourth-order valence-electron chi connectivity index (χ4n) is 6.65. The van der Waals surface area contributed by atoms with E-state index in [9.17, 15) is 4.79 Å². The van der Waals surface area contributed by atoms with Crippen molar-refractivity contribution in [1.82, 2.24) is 9.38 Å². The van der Waals surface area contributed by atoms with Gasteiger partial charge in [-0.2, -0.15) is 0 Å². The third-order valence-electron chi connectivity index (χ3n) is 7.32. The van der Waals surface area contributed by atoms with Crippen molar-refractivity contribution in [3.8, 4) is 0 Å². The normalized spacial score (nSPS) is 35.2. The quantitative estimate of drug-likeness (QED) is 0.757. The van der Waals surface area contributed by atoms with E-state index in [-0.39, 0.29) is 5.56 Å². The summed E-state index contributed by atoms with van der Waals surface area (Å²) in [4.78, 5) is 20.0. The summed E-state index contributed by atoms with van der Waals surface area (Å²) in [6.45, 7) is 0. The summed E-state index contributed by atoms with van der Waals surface area (Å²) in [7, 11) is 0. The molecule has 4 saturated carbocycles. The Morgan fingerprint density at radius 2 is 1.81 bits per heavy atom. The molecule has 7 rings (SSSR count). The monoisotopic (exact) mass is 386 g/mol. The summed E-state index contributed by atoms with van der Waals surface area (Å²) in [6.07, 6.45) is 13.3. The van der Waals surface area contributed by atoms with E-state index in [0.29, 0.717) is 4.75 Å². The summed E-state index contributed by atoms with van der Waals surface area (Å²) >= 11 is 3.89. The molecule has 0 unspecified atom stereocenters. The van der Waals surface area contributed by atoms with E-state index >= 15 is 0 Å². The predicted octanol–water partition coefficient (Wildman–Crippen LogP) is 4.84. The van der Waals surface area contributed by atoms with E-state index in [1.165, 1.54) is 61.9 Å². The lowest BCUT2D eigenvalue weighted by molar-refractivity contribution is 0.0383. The first kappa shape index (κ1) is 16.2. The SMILES string of the molecule is O=c1cc(CSC23CC4CC(CC(C4)C2)C3)nc2sc3c(n12)CCCC3. The van der Waals surface area contributed by atoms with Gasteiger partial charge in [-0.15, -0.1) is 23.1 Å². The van der Waals surface area contributed by atoms with Crippen molar-refractivity contribution in [2.24, 2.45) is 17.8 Å². The maximum Gasteiger partial charge on any atom is 0.259 e. The van der Waals surface area contributed by atoms with Gasteiger partial charge in [-0.05, 0) is 82.0 Å². The molecule has 0 atom stereocenters.